The van der Waals surface area contributed by atoms with E-state index in [2.05, 4.69) is 5.32 Å². The Kier molecular flexibility index (Phi) is 8.67. The van der Waals surface area contributed by atoms with E-state index >= 15 is 0 Å². The molecular weight excluding hydrogens is 310 g/mol. The van der Waals surface area contributed by atoms with Crippen LogP contribution in [0.4, 0.5) is 0 Å². The van der Waals surface area contributed by atoms with Gasteiger partial charge in [-0.05, 0) is 25.7 Å². The highest BCUT2D eigenvalue weighted by atomic mass is 16.4. The first-order valence-corrected chi connectivity index (χ1v) is 8.24. The molecule has 0 aromatic carbocycles. The molecule has 24 heavy (non-hydrogen) atoms. The summed E-state index contributed by atoms with van der Waals surface area (Å²) in [6.07, 6.45) is 2.51. The van der Waals surface area contributed by atoms with Crippen LogP contribution in [-0.4, -0.2) is 53.0 Å². The molecule has 138 valence electrons. The number of carboxylic acid groups (broad SMARTS) is 1. The lowest BCUT2D eigenvalue weighted by molar-refractivity contribution is -0.135. The molecule has 0 unspecified atom stereocenters. The van der Waals surface area contributed by atoms with Crippen LogP contribution in [0.5, 0.6) is 0 Å². The van der Waals surface area contributed by atoms with Crippen LogP contribution < -0.4 is 11.1 Å². The van der Waals surface area contributed by atoms with Crippen molar-refractivity contribution >= 4 is 17.8 Å². The summed E-state index contributed by atoms with van der Waals surface area (Å²) in [6, 6.07) is -0.370. The van der Waals surface area contributed by atoms with Gasteiger partial charge >= 0.3 is 5.97 Å². The van der Waals surface area contributed by atoms with Gasteiger partial charge in [-0.15, -0.1) is 0 Å². The molecule has 0 aliphatic carbocycles. The Morgan fingerprint density at radius 1 is 1.25 bits per heavy atom. The average Bonchev–Trinajstić information content (AvgIpc) is 2.54. The molecule has 0 aliphatic heterocycles. The fraction of sp³-hybridized carbons (Fsp3) is 0.706. The Bertz CT molecular complexity index is 496. The normalized spacial score (nSPS) is 13.6. The molecule has 0 aromatic heterocycles. The first-order chi connectivity index (χ1) is 11.0. The van der Waals surface area contributed by atoms with E-state index in [0.717, 1.165) is 0 Å². The van der Waals surface area contributed by atoms with Crippen LogP contribution in [0.3, 0.4) is 0 Å². The number of hydrogen-bond acceptors (Lipinski definition) is 4. The molecular formula is C17H31N3O4. The SMILES string of the molecule is CCC(N)(CC)C(=O)NCC(=O)N(C)[C@H](C=C(C)C(=O)O)C(C)C. The van der Waals surface area contributed by atoms with Crippen molar-refractivity contribution in [3.05, 3.63) is 11.6 Å². The van der Waals surface area contributed by atoms with Crippen molar-refractivity contribution in [3.8, 4) is 0 Å². The van der Waals surface area contributed by atoms with Gasteiger partial charge in [-0.1, -0.05) is 33.8 Å². The number of nitrogens with two attached hydrogens (primary N) is 1. The third kappa shape index (κ3) is 5.96. The first kappa shape index (κ1) is 22.1. The average molecular weight is 341 g/mol. The van der Waals surface area contributed by atoms with Gasteiger partial charge in [0.1, 0.15) is 0 Å². The molecule has 0 spiro atoms. The van der Waals surface area contributed by atoms with Crippen LogP contribution in [0.15, 0.2) is 11.6 Å². The van der Waals surface area contributed by atoms with Gasteiger partial charge in [-0.25, -0.2) is 4.79 Å². The fourth-order valence-corrected chi connectivity index (χ4v) is 2.27. The maximum atomic E-state index is 12.3. The van der Waals surface area contributed by atoms with Crippen molar-refractivity contribution in [1.82, 2.24) is 10.2 Å². The highest BCUT2D eigenvalue weighted by Crippen LogP contribution is 2.14. The Balaban J connectivity index is 4.99. The number of nitrogens with zero attached hydrogens (tertiary/aromatic N) is 1. The lowest BCUT2D eigenvalue weighted by Gasteiger charge is -2.30. The number of carboxylic acids is 1. The number of likely N-dealkylation sites (N-methyl/N-ethyl adjacent to an activating group) is 1. The summed E-state index contributed by atoms with van der Waals surface area (Å²) in [7, 11) is 1.60. The van der Waals surface area contributed by atoms with Crippen LogP contribution in [0, 0.1) is 5.92 Å². The van der Waals surface area contributed by atoms with E-state index in [0.29, 0.717) is 12.8 Å². The van der Waals surface area contributed by atoms with Gasteiger partial charge in [0.05, 0.1) is 18.1 Å². The summed E-state index contributed by atoms with van der Waals surface area (Å²) in [5.74, 6) is -1.64. The van der Waals surface area contributed by atoms with Gasteiger partial charge in [-0.2, -0.15) is 0 Å². The van der Waals surface area contributed by atoms with Crippen molar-refractivity contribution in [2.24, 2.45) is 11.7 Å². The quantitative estimate of drug-likeness (QED) is 0.544. The number of rotatable bonds is 9. The second-order valence-corrected chi connectivity index (χ2v) is 6.44. The number of hydrogen-bond donors (Lipinski definition) is 3. The molecule has 4 N–H and O–H groups in total. The fourth-order valence-electron chi connectivity index (χ4n) is 2.27. The molecule has 7 nitrogen and oxygen atoms in total. The van der Waals surface area contributed by atoms with Gasteiger partial charge in [0.15, 0.2) is 0 Å². The zero-order chi connectivity index (χ0) is 19.1. The van der Waals surface area contributed by atoms with E-state index in [4.69, 9.17) is 10.8 Å². The number of nitrogens with one attached hydrogen (secondary N) is 1. The molecule has 7 heteroatoms. The van der Waals surface area contributed by atoms with E-state index < -0.39 is 11.5 Å². The van der Waals surface area contributed by atoms with E-state index in [1.807, 2.05) is 27.7 Å². The van der Waals surface area contributed by atoms with Crippen LogP contribution in [0.25, 0.3) is 0 Å². The molecule has 0 saturated carbocycles. The number of carbonyl (C=O) groups excluding carboxylic acids is 2. The van der Waals surface area contributed by atoms with Crippen molar-refractivity contribution in [3.63, 3.8) is 0 Å². The molecule has 1 atom stereocenters. The van der Waals surface area contributed by atoms with Crippen LogP contribution in [-0.2, 0) is 14.4 Å². The molecule has 2 amide bonds. The smallest absolute Gasteiger partial charge is 0.331 e. The van der Waals surface area contributed by atoms with Crippen molar-refractivity contribution in [1.29, 1.82) is 0 Å². The summed E-state index contributed by atoms with van der Waals surface area (Å²) < 4.78 is 0. The first-order valence-electron chi connectivity index (χ1n) is 8.24. The predicted octanol–water partition coefficient (Wildman–Crippen LogP) is 1.13. The summed E-state index contributed by atoms with van der Waals surface area (Å²) in [5, 5.41) is 11.6. The van der Waals surface area contributed by atoms with Gasteiger partial charge in [-0.3, -0.25) is 9.59 Å². The van der Waals surface area contributed by atoms with Gasteiger partial charge < -0.3 is 21.1 Å². The maximum Gasteiger partial charge on any atom is 0.331 e. The Morgan fingerprint density at radius 3 is 2.12 bits per heavy atom. The van der Waals surface area contributed by atoms with E-state index in [1.165, 1.54) is 11.8 Å². The minimum Gasteiger partial charge on any atom is -0.478 e. The Morgan fingerprint density at radius 2 is 1.75 bits per heavy atom. The van der Waals surface area contributed by atoms with E-state index in [1.54, 1.807) is 13.1 Å². The van der Waals surface area contributed by atoms with Gasteiger partial charge in [0.2, 0.25) is 11.8 Å². The molecule has 0 aliphatic rings. The van der Waals surface area contributed by atoms with E-state index in [9.17, 15) is 14.4 Å². The molecule has 0 rings (SSSR count). The molecule has 0 radical (unpaired) electrons. The third-order valence-corrected chi connectivity index (χ3v) is 4.40. The third-order valence-electron chi connectivity index (χ3n) is 4.40. The van der Waals surface area contributed by atoms with E-state index in [-0.39, 0.29) is 35.9 Å². The highest BCUT2D eigenvalue weighted by Gasteiger charge is 2.30. The summed E-state index contributed by atoms with van der Waals surface area (Å²) in [6.45, 7) is 8.77. The summed E-state index contributed by atoms with van der Waals surface area (Å²) in [4.78, 5) is 36.9. The summed E-state index contributed by atoms with van der Waals surface area (Å²) in [5.41, 5.74) is 5.20. The molecule has 0 saturated heterocycles. The number of carbonyl (C=O) groups is 3. The monoisotopic (exact) mass is 341 g/mol. The largest absolute Gasteiger partial charge is 0.478 e. The molecule has 0 aromatic rings. The second kappa shape index (κ2) is 9.42. The topological polar surface area (TPSA) is 113 Å². The van der Waals surface area contributed by atoms with Crippen molar-refractivity contribution in [2.45, 2.75) is 59.0 Å². The minimum atomic E-state index is -1.02. The number of amides is 2. The molecule has 0 bridgehead atoms. The van der Waals surface area contributed by atoms with Crippen LogP contribution >= 0.6 is 0 Å². The minimum absolute atomic E-state index is 0.0313. The van der Waals surface area contributed by atoms with Crippen LogP contribution in [0.1, 0.15) is 47.5 Å². The Hall–Kier alpha value is -1.89. The number of aliphatic carboxylic acids is 1. The van der Waals surface area contributed by atoms with Crippen LogP contribution in [0.2, 0.25) is 0 Å². The zero-order valence-corrected chi connectivity index (χ0v) is 15.5. The van der Waals surface area contributed by atoms with Crippen molar-refractivity contribution in [2.75, 3.05) is 13.6 Å². The Labute approximate surface area is 144 Å². The standard InChI is InChI=1S/C17H31N3O4/c1-7-17(18,8-2)16(24)19-10-14(21)20(6)13(11(3)4)9-12(5)15(22)23/h9,11,13H,7-8,10,18H2,1-6H3,(H,19,24)(H,22,23)/t13-/m1/s1. The summed E-state index contributed by atoms with van der Waals surface area (Å²) >= 11 is 0. The van der Waals surface area contributed by atoms with Gasteiger partial charge in [0, 0.05) is 12.6 Å². The molecule has 0 fully saturated rings. The predicted molar refractivity (Wildman–Crippen MR) is 93.3 cm³/mol. The maximum absolute atomic E-state index is 12.3. The molecule has 0 heterocycles. The second-order valence-electron chi connectivity index (χ2n) is 6.44. The highest BCUT2D eigenvalue weighted by molar-refractivity contribution is 5.90. The van der Waals surface area contributed by atoms with Crippen molar-refractivity contribution < 1.29 is 19.5 Å². The van der Waals surface area contributed by atoms with Gasteiger partial charge in [0.25, 0.3) is 0 Å². The zero-order valence-electron chi connectivity index (χ0n) is 15.5. The lowest BCUT2D eigenvalue weighted by atomic mass is 9.93. The lowest BCUT2D eigenvalue weighted by Crippen LogP contribution is -2.55.